The first-order valence-corrected chi connectivity index (χ1v) is 6.47. The highest BCUT2D eigenvalue weighted by molar-refractivity contribution is 5.91. The Morgan fingerprint density at radius 2 is 1.91 bits per heavy atom. The standard InChI is InChI=1S/C15H8F2N4O/c16-8-5-6-9(11(17)7-8)13-19-14-10-3-1-2-4-12(10)18-15(22)21(14)20-13/h1-7H,(H,18,22). The molecule has 7 heteroatoms. The number of aromatic amines is 1. The van der Waals surface area contributed by atoms with Crippen LogP contribution in [0, 0.1) is 11.6 Å². The highest BCUT2D eigenvalue weighted by atomic mass is 19.1. The number of nitrogens with one attached hydrogen (secondary N) is 1. The van der Waals surface area contributed by atoms with Gasteiger partial charge >= 0.3 is 5.69 Å². The lowest BCUT2D eigenvalue weighted by atomic mass is 10.2. The predicted octanol–water partition coefficient (Wildman–Crippen LogP) is 2.52. The number of H-pyrrole nitrogens is 1. The van der Waals surface area contributed by atoms with Crippen LogP contribution in [-0.4, -0.2) is 19.6 Å². The summed E-state index contributed by atoms with van der Waals surface area (Å²) in [7, 11) is 0. The van der Waals surface area contributed by atoms with Crippen molar-refractivity contribution in [3.63, 3.8) is 0 Å². The second kappa shape index (κ2) is 4.45. The molecule has 0 atom stereocenters. The first-order valence-electron chi connectivity index (χ1n) is 6.47. The minimum Gasteiger partial charge on any atom is -0.305 e. The van der Waals surface area contributed by atoms with E-state index in [4.69, 9.17) is 0 Å². The van der Waals surface area contributed by atoms with E-state index in [-0.39, 0.29) is 11.4 Å². The fourth-order valence-electron chi connectivity index (χ4n) is 2.37. The van der Waals surface area contributed by atoms with Crippen LogP contribution in [0.4, 0.5) is 8.78 Å². The maximum Gasteiger partial charge on any atom is 0.348 e. The number of aromatic nitrogens is 4. The Bertz CT molecular complexity index is 1080. The average molecular weight is 298 g/mol. The van der Waals surface area contributed by atoms with Crippen LogP contribution in [0.3, 0.4) is 0 Å². The van der Waals surface area contributed by atoms with Crippen LogP contribution < -0.4 is 5.69 Å². The summed E-state index contributed by atoms with van der Waals surface area (Å²) in [4.78, 5) is 18.9. The Balaban J connectivity index is 2.07. The van der Waals surface area contributed by atoms with Gasteiger partial charge in [0, 0.05) is 11.5 Å². The highest BCUT2D eigenvalue weighted by Crippen LogP contribution is 2.22. The fraction of sp³-hybridized carbons (Fsp3) is 0. The minimum atomic E-state index is -0.781. The summed E-state index contributed by atoms with van der Waals surface area (Å²) >= 11 is 0. The van der Waals surface area contributed by atoms with Crippen molar-refractivity contribution in [1.29, 1.82) is 0 Å². The SMILES string of the molecule is O=c1[nH]c2ccccc2c2nc(-c3ccc(F)cc3F)nn12. The number of benzene rings is 2. The van der Waals surface area contributed by atoms with Crippen molar-refractivity contribution in [1.82, 2.24) is 19.6 Å². The molecule has 0 saturated carbocycles. The van der Waals surface area contributed by atoms with E-state index in [2.05, 4.69) is 15.1 Å². The molecule has 0 unspecified atom stereocenters. The molecule has 2 aromatic heterocycles. The second-order valence-electron chi connectivity index (χ2n) is 4.77. The lowest BCUT2D eigenvalue weighted by Crippen LogP contribution is -2.17. The molecule has 0 fully saturated rings. The lowest BCUT2D eigenvalue weighted by Gasteiger charge is -1.97. The lowest BCUT2D eigenvalue weighted by molar-refractivity contribution is 0.585. The van der Waals surface area contributed by atoms with Crippen LogP contribution in [0.5, 0.6) is 0 Å². The third kappa shape index (κ3) is 1.79. The average Bonchev–Trinajstić information content (AvgIpc) is 2.93. The predicted molar refractivity (Wildman–Crippen MR) is 76.5 cm³/mol. The fourth-order valence-corrected chi connectivity index (χ4v) is 2.37. The molecule has 0 aliphatic rings. The van der Waals surface area contributed by atoms with Crippen LogP contribution >= 0.6 is 0 Å². The second-order valence-corrected chi connectivity index (χ2v) is 4.77. The van der Waals surface area contributed by atoms with Gasteiger partial charge in [0.2, 0.25) is 0 Å². The van der Waals surface area contributed by atoms with Crippen LogP contribution in [0.1, 0.15) is 0 Å². The molecule has 2 heterocycles. The quantitative estimate of drug-likeness (QED) is 0.587. The van der Waals surface area contributed by atoms with Gasteiger partial charge in [0.05, 0.1) is 11.1 Å². The Morgan fingerprint density at radius 1 is 1.09 bits per heavy atom. The summed E-state index contributed by atoms with van der Waals surface area (Å²) in [5.74, 6) is -1.44. The van der Waals surface area contributed by atoms with E-state index in [0.717, 1.165) is 16.6 Å². The molecule has 1 N–H and O–H groups in total. The Morgan fingerprint density at radius 3 is 2.73 bits per heavy atom. The normalized spacial score (nSPS) is 11.4. The van der Waals surface area contributed by atoms with Crippen LogP contribution in [0.25, 0.3) is 27.9 Å². The third-order valence-electron chi connectivity index (χ3n) is 3.38. The summed E-state index contributed by atoms with van der Waals surface area (Å²) in [6.07, 6.45) is 0. The number of halogens is 2. The number of hydrogen-bond donors (Lipinski definition) is 1. The molecule has 0 spiro atoms. The summed E-state index contributed by atoms with van der Waals surface area (Å²) in [5.41, 5.74) is 0.486. The molecule has 0 saturated heterocycles. The smallest absolute Gasteiger partial charge is 0.305 e. The van der Waals surface area contributed by atoms with Crippen LogP contribution in [-0.2, 0) is 0 Å². The van der Waals surface area contributed by atoms with Gasteiger partial charge in [-0.25, -0.2) is 18.6 Å². The first-order chi connectivity index (χ1) is 10.6. The van der Waals surface area contributed by atoms with E-state index >= 15 is 0 Å². The van der Waals surface area contributed by atoms with Crippen molar-refractivity contribution in [3.05, 3.63) is 64.6 Å². The van der Waals surface area contributed by atoms with Gasteiger partial charge in [0.25, 0.3) is 0 Å². The molecule has 0 bridgehead atoms. The number of fused-ring (bicyclic) bond motifs is 3. The van der Waals surface area contributed by atoms with E-state index in [0.29, 0.717) is 16.6 Å². The van der Waals surface area contributed by atoms with E-state index in [1.807, 2.05) is 0 Å². The van der Waals surface area contributed by atoms with Crippen molar-refractivity contribution in [3.8, 4) is 11.4 Å². The van der Waals surface area contributed by atoms with Gasteiger partial charge in [0.1, 0.15) is 11.6 Å². The first kappa shape index (κ1) is 12.6. The summed E-state index contributed by atoms with van der Waals surface area (Å²) in [5, 5.41) is 4.71. The van der Waals surface area contributed by atoms with E-state index in [1.54, 1.807) is 24.3 Å². The van der Waals surface area contributed by atoms with Gasteiger partial charge < -0.3 is 4.98 Å². The zero-order valence-corrected chi connectivity index (χ0v) is 11.0. The molecular weight excluding hydrogens is 290 g/mol. The molecule has 4 aromatic rings. The topological polar surface area (TPSA) is 63.0 Å². The molecule has 4 rings (SSSR count). The Hall–Kier alpha value is -3.09. The monoisotopic (exact) mass is 298 g/mol. The maximum absolute atomic E-state index is 13.9. The van der Waals surface area contributed by atoms with Crippen molar-refractivity contribution < 1.29 is 8.78 Å². The Labute approximate surface area is 121 Å². The molecule has 22 heavy (non-hydrogen) atoms. The number of hydrogen-bond acceptors (Lipinski definition) is 3. The summed E-state index contributed by atoms with van der Waals surface area (Å²) < 4.78 is 27.9. The molecule has 108 valence electrons. The minimum absolute atomic E-state index is 0.0272. The van der Waals surface area contributed by atoms with Crippen LogP contribution in [0.2, 0.25) is 0 Å². The van der Waals surface area contributed by atoms with Gasteiger partial charge in [0.15, 0.2) is 11.5 Å². The van der Waals surface area contributed by atoms with E-state index < -0.39 is 17.3 Å². The molecular formula is C15H8F2N4O. The molecule has 0 amide bonds. The van der Waals surface area contributed by atoms with Crippen molar-refractivity contribution in [2.45, 2.75) is 0 Å². The van der Waals surface area contributed by atoms with Crippen molar-refractivity contribution >= 4 is 16.6 Å². The van der Waals surface area contributed by atoms with Gasteiger partial charge in [-0.1, -0.05) is 12.1 Å². The summed E-state index contributed by atoms with van der Waals surface area (Å²) in [6.45, 7) is 0. The van der Waals surface area contributed by atoms with E-state index in [9.17, 15) is 13.6 Å². The molecule has 0 aliphatic carbocycles. The van der Waals surface area contributed by atoms with Gasteiger partial charge in [-0.2, -0.15) is 4.52 Å². The third-order valence-corrected chi connectivity index (χ3v) is 3.38. The van der Waals surface area contributed by atoms with E-state index in [1.165, 1.54) is 6.07 Å². The molecule has 2 aromatic carbocycles. The zero-order chi connectivity index (χ0) is 15.3. The highest BCUT2D eigenvalue weighted by Gasteiger charge is 2.15. The zero-order valence-electron chi connectivity index (χ0n) is 11.0. The molecule has 0 radical (unpaired) electrons. The number of nitrogens with zero attached hydrogens (tertiary/aromatic N) is 3. The number of para-hydroxylation sites is 1. The maximum atomic E-state index is 13.9. The van der Waals surface area contributed by atoms with Crippen LogP contribution in [0.15, 0.2) is 47.3 Å². The molecule has 0 aliphatic heterocycles. The van der Waals surface area contributed by atoms with Crippen molar-refractivity contribution in [2.75, 3.05) is 0 Å². The number of rotatable bonds is 1. The van der Waals surface area contributed by atoms with Gasteiger partial charge in [-0.05, 0) is 24.3 Å². The van der Waals surface area contributed by atoms with Crippen molar-refractivity contribution in [2.24, 2.45) is 0 Å². The van der Waals surface area contributed by atoms with Gasteiger partial charge in [-0.15, -0.1) is 5.10 Å². The van der Waals surface area contributed by atoms with Gasteiger partial charge in [-0.3, -0.25) is 0 Å². The Kier molecular flexibility index (Phi) is 2.56. The molecule has 5 nitrogen and oxygen atoms in total. The largest absolute Gasteiger partial charge is 0.348 e. The summed E-state index contributed by atoms with van der Waals surface area (Å²) in [6, 6.07) is 10.2.